The minimum Gasteiger partial charge on any atom is -0.376 e. The van der Waals surface area contributed by atoms with Gasteiger partial charge >= 0.3 is 0 Å². The molecule has 1 heterocycles. The van der Waals surface area contributed by atoms with Crippen LogP contribution in [0.15, 0.2) is 46.9 Å². The van der Waals surface area contributed by atoms with Crippen LogP contribution in [-0.4, -0.2) is 22.7 Å². The van der Waals surface area contributed by atoms with Crippen molar-refractivity contribution < 1.29 is 8.95 Å². The number of hydrogen-bond donors (Lipinski definition) is 0. The molecule has 0 fully saturated rings. The van der Waals surface area contributed by atoms with Gasteiger partial charge in [-0.2, -0.15) is 0 Å². The van der Waals surface area contributed by atoms with Gasteiger partial charge in [0.15, 0.2) is 0 Å². The molecule has 2 rings (SSSR count). The Morgan fingerprint density at radius 3 is 2.73 bits per heavy atom. The summed E-state index contributed by atoms with van der Waals surface area (Å²) in [6.45, 7) is 3.23. The minimum absolute atomic E-state index is 0.0150. The third-order valence-corrected chi connectivity index (χ3v) is 4.30. The molecule has 2 nitrogen and oxygen atoms in total. The van der Waals surface area contributed by atoms with Gasteiger partial charge in [0.1, 0.15) is 0 Å². The van der Waals surface area contributed by atoms with Crippen molar-refractivity contribution >= 4 is 10.8 Å². The fourth-order valence-electron chi connectivity index (χ4n) is 1.58. The zero-order valence-electron chi connectivity index (χ0n) is 8.68. The highest BCUT2D eigenvalue weighted by atomic mass is 32.2. The van der Waals surface area contributed by atoms with Gasteiger partial charge in [0.05, 0.1) is 29.3 Å². The largest absolute Gasteiger partial charge is 0.376 e. The summed E-state index contributed by atoms with van der Waals surface area (Å²) in [5, 5.41) is 0.0150. The number of benzene rings is 1. The molecule has 0 N–H and O–H groups in total. The van der Waals surface area contributed by atoms with Crippen LogP contribution >= 0.6 is 0 Å². The van der Waals surface area contributed by atoms with E-state index in [1.165, 1.54) is 5.57 Å². The maximum Gasteiger partial charge on any atom is 0.0835 e. The summed E-state index contributed by atoms with van der Waals surface area (Å²) in [6.07, 6.45) is 2.01. The van der Waals surface area contributed by atoms with Gasteiger partial charge in [0.2, 0.25) is 0 Å². The van der Waals surface area contributed by atoms with Crippen molar-refractivity contribution in [2.45, 2.75) is 17.1 Å². The van der Waals surface area contributed by atoms with E-state index in [4.69, 9.17) is 4.74 Å². The van der Waals surface area contributed by atoms with E-state index in [0.29, 0.717) is 13.2 Å². The topological polar surface area (TPSA) is 26.3 Å². The lowest BCUT2D eigenvalue weighted by molar-refractivity contribution is 0.157. The van der Waals surface area contributed by atoms with E-state index in [1.807, 2.05) is 43.3 Å². The first-order chi connectivity index (χ1) is 7.29. The Labute approximate surface area is 92.4 Å². The van der Waals surface area contributed by atoms with Crippen LogP contribution in [0.1, 0.15) is 6.92 Å². The lowest BCUT2D eigenvalue weighted by atomic mass is 10.2. The van der Waals surface area contributed by atoms with Crippen LogP contribution in [0.3, 0.4) is 0 Å². The molecule has 1 aromatic rings. The van der Waals surface area contributed by atoms with Crippen LogP contribution in [0, 0.1) is 0 Å². The van der Waals surface area contributed by atoms with Gasteiger partial charge in [0.25, 0.3) is 0 Å². The highest BCUT2D eigenvalue weighted by Gasteiger charge is 2.22. The Morgan fingerprint density at radius 2 is 2.07 bits per heavy atom. The Morgan fingerprint density at radius 1 is 1.33 bits per heavy atom. The Bertz CT molecular complexity index is 384. The maximum atomic E-state index is 12.2. The summed E-state index contributed by atoms with van der Waals surface area (Å²) >= 11 is 0. The van der Waals surface area contributed by atoms with Crippen molar-refractivity contribution in [3.63, 3.8) is 0 Å². The molecule has 2 atom stereocenters. The number of ether oxygens (including phenoxy) is 1. The van der Waals surface area contributed by atoms with E-state index in [1.54, 1.807) is 0 Å². The van der Waals surface area contributed by atoms with Gasteiger partial charge < -0.3 is 4.74 Å². The molecular formula is C12H14O2S. The predicted molar refractivity (Wildman–Crippen MR) is 61.2 cm³/mol. The number of hydrogen-bond acceptors (Lipinski definition) is 2. The molecule has 1 aromatic carbocycles. The normalized spacial score (nSPS) is 23.3. The first-order valence-corrected chi connectivity index (χ1v) is 6.20. The fraction of sp³-hybridized carbons (Fsp3) is 0.333. The first-order valence-electron chi connectivity index (χ1n) is 4.99. The summed E-state index contributed by atoms with van der Waals surface area (Å²) in [5.41, 5.74) is 1.17. The van der Waals surface area contributed by atoms with Crippen LogP contribution in [0.2, 0.25) is 0 Å². The van der Waals surface area contributed by atoms with Crippen LogP contribution in [0.25, 0.3) is 0 Å². The molecule has 2 unspecified atom stereocenters. The van der Waals surface area contributed by atoms with Crippen molar-refractivity contribution in [2.24, 2.45) is 0 Å². The van der Waals surface area contributed by atoms with E-state index in [9.17, 15) is 4.21 Å². The second-order valence-corrected chi connectivity index (χ2v) is 5.22. The van der Waals surface area contributed by atoms with E-state index >= 15 is 0 Å². The minimum atomic E-state index is -0.993. The highest BCUT2D eigenvalue weighted by Crippen LogP contribution is 2.19. The van der Waals surface area contributed by atoms with Crippen molar-refractivity contribution in [1.82, 2.24) is 0 Å². The van der Waals surface area contributed by atoms with Gasteiger partial charge in [-0.1, -0.05) is 29.8 Å². The molecule has 0 bridgehead atoms. The standard InChI is InChI=1S/C12H14O2S/c1-10-7-8-14-9-12(10)15(13)11-5-3-2-4-6-11/h2-7,12H,8-9H2,1H3. The number of rotatable bonds is 2. The van der Waals surface area contributed by atoms with Crippen LogP contribution in [0.5, 0.6) is 0 Å². The van der Waals surface area contributed by atoms with E-state index in [0.717, 1.165) is 4.90 Å². The summed E-state index contributed by atoms with van der Waals surface area (Å²) in [7, 11) is -0.993. The second-order valence-electron chi connectivity index (χ2n) is 3.58. The molecule has 15 heavy (non-hydrogen) atoms. The average molecular weight is 222 g/mol. The highest BCUT2D eigenvalue weighted by molar-refractivity contribution is 7.86. The summed E-state index contributed by atoms with van der Waals surface area (Å²) in [4.78, 5) is 0.876. The van der Waals surface area contributed by atoms with Crippen LogP contribution in [0.4, 0.5) is 0 Å². The lowest BCUT2D eigenvalue weighted by Crippen LogP contribution is -2.26. The predicted octanol–water partition coefficient (Wildman–Crippen LogP) is 2.14. The van der Waals surface area contributed by atoms with E-state index < -0.39 is 10.8 Å². The monoisotopic (exact) mass is 222 g/mol. The molecule has 0 spiro atoms. The fourth-order valence-corrected chi connectivity index (χ4v) is 2.99. The molecule has 0 saturated heterocycles. The zero-order chi connectivity index (χ0) is 10.7. The summed E-state index contributed by atoms with van der Waals surface area (Å²) < 4.78 is 17.5. The second kappa shape index (κ2) is 4.73. The lowest BCUT2D eigenvalue weighted by Gasteiger charge is -2.21. The molecule has 1 aliphatic heterocycles. The molecule has 0 saturated carbocycles. The Hall–Kier alpha value is -0.930. The molecule has 0 radical (unpaired) electrons. The Balaban J connectivity index is 2.21. The third-order valence-electron chi connectivity index (χ3n) is 2.53. The molecular weight excluding hydrogens is 208 g/mol. The molecule has 3 heteroatoms. The average Bonchev–Trinajstić information content (AvgIpc) is 2.30. The summed E-state index contributed by atoms with van der Waals surface area (Å²) in [5.74, 6) is 0. The first kappa shape index (κ1) is 10.6. The van der Waals surface area contributed by atoms with Crippen molar-refractivity contribution in [3.8, 4) is 0 Å². The van der Waals surface area contributed by atoms with Crippen molar-refractivity contribution in [1.29, 1.82) is 0 Å². The van der Waals surface area contributed by atoms with E-state index in [2.05, 4.69) is 0 Å². The van der Waals surface area contributed by atoms with Gasteiger partial charge in [0, 0.05) is 4.90 Å². The van der Waals surface area contributed by atoms with Crippen LogP contribution in [-0.2, 0) is 15.5 Å². The SMILES string of the molecule is CC1=CCOCC1S(=O)c1ccccc1. The quantitative estimate of drug-likeness (QED) is 0.717. The smallest absolute Gasteiger partial charge is 0.0835 e. The maximum absolute atomic E-state index is 12.2. The van der Waals surface area contributed by atoms with Crippen molar-refractivity contribution in [2.75, 3.05) is 13.2 Å². The Kier molecular flexibility index (Phi) is 3.34. The zero-order valence-corrected chi connectivity index (χ0v) is 9.50. The van der Waals surface area contributed by atoms with Crippen LogP contribution < -0.4 is 0 Å². The molecule has 80 valence electrons. The van der Waals surface area contributed by atoms with Gasteiger partial charge in [-0.15, -0.1) is 0 Å². The van der Waals surface area contributed by atoms with Gasteiger partial charge in [-0.25, -0.2) is 0 Å². The van der Waals surface area contributed by atoms with Crippen molar-refractivity contribution in [3.05, 3.63) is 42.0 Å². The molecule has 0 amide bonds. The molecule has 0 aliphatic carbocycles. The van der Waals surface area contributed by atoms with Gasteiger partial charge in [-0.3, -0.25) is 4.21 Å². The summed E-state index contributed by atoms with van der Waals surface area (Å²) in [6, 6.07) is 9.56. The molecule has 0 aromatic heterocycles. The van der Waals surface area contributed by atoms with E-state index in [-0.39, 0.29) is 5.25 Å². The third kappa shape index (κ3) is 2.36. The molecule has 1 aliphatic rings. The van der Waals surface area contributed by atoms with Gasteiger partial charge in [-0.05, 0) is 19.1 Å².